The van der Waals surface area contributed by atoms with Gasteiger partial charge in [0.1, 0.15) is 17.0 Å². The summed E-state index contributed by atoms with van der Waals surface area (Å²) in [6.07, 6.45) is 4.71. The van der Waals surface area contributed by atoms with Crippen LogP contribution in [0.3, 0.4) is 0 Å². The van der Waals surface area contributed by atoms with Gasteiger partial charge >= 0.3 is 5.97 Å². The number of aliphatic carboxylic acids is 1. The van der Waals surface area contributed by atoms with Gasteiger partial charge in [0.2, 0.25) is 0 Å². The number of amides is 1. The van der Waals surface area contributed by atoms with Gasteiger partial charge in [-0.1, -0.05) is 6.92 Å². The van der Waals surface area contributed by atoms with E-state index in [9.17, 15) is 9.59 Å². The fourth-order valence-electron chi connectivity index (χ4n) is 2.83. The Morgan fingerprint density at radius 2 is 2.29 bits per heavy atom. The molecule has 7 nitrogen and oxygen atoms in total. The summed E-state index contributed by atoms with van der Waals surface area (Å²) >= 11 is 1.40. The molecule has 0 unspecified atom stereocenters. The highest BCUT2D eigenvalue weighted by atomic mass is 32.1. The first kappa shape index (κ1) is 16.7. The third-order valence-corrected chi connectivity index (χ3v) is 5.11. The van der Waals surface area contributed by atoms with Crippen molar-refractivity contribution in [3.8, 4) is 10.6 Å². The van der Waals surface area contributed by atoms with E-state index in [1.807, 2.05) is 11.8 Å². The van der Waals surface area contributed by atoms with Crippen LogP contribution in [0.1, 0.15) is 30.3 Å². The van der Waals surface area contributed by atoms with Crippen LogP contribution in [0.5, 0.6) is 0 Å². The summed E-state index contributed by atoms with van der Waals surface area (Å²) in [5, 5.41) is 14.3. The van der Waals surface area contributed by atoms with Gasteiger partial charge in [-0.05, 0) is 25.5 Å². The van der Waals surface area contributed by atoms with Gasteiger partial charge in [0.25, 0.3) is 5.91 Å². The molecule has 0 bridgehead atoms. The van der Waals surface area contributed by atoms with Crippen molar-refractivity contribution < 1.29 is 19.1 Å². The number of likely N-dealkylation sites (N-methyl/N-ethyl adjacent to an activating group) is 1. The predicted octanol–water partition coefficient (Wildman–Crippen LogP) is 2.07. The van der Waals surface area contributed by atoms with E-state index in [0.29, 0.717) is 12.2 Å². The molecule has 128 valence electrons. The molecule has 1 saturated carbocycles. The van der Waals surface area contributed by atoms with Crippen LogP contribution in [-0.2, 0) is 4.79 Å². The zero-order valence-electron chi connectivity index (χ0n) is 13.3. The number of carboxylic acids is 1. The molecule has 2 heterocycles. The van der Waals surface area contributed by atoms with Crippen LogP contribution < -0.4 is 5.32 Å². The van der Waals surface area contributed by atoms with Gasteiger partial charge < -0.3 is 14.8 Å². The summed E-state index contributed by atoms with van der Waals surface area (Å²) in [6, 6.07) is 2.09. The topological polar surface area (TPSA) is 95.7 Å². The minimum Gasteiger partial charge on any atom is -0.480 e. The highest BCUT2D eigenvalue weighted by Crippen LogP contribution is 2.27. The van der Waals surface area contributed by atoms with E-state index in [4.69, 9.17) is 9.52 Å². The SMILES string of the molecule is CCN(CC(=O)O)C1CC(NC(=O)c2csc(-c3ccoc3)n2)C1. The lowest BCUT2D eigenvalue weighted by atomic mass is 9.85. The van der Waals surface area contributed by atoms with Crippen LogP contribution in [-0.4, -0.2) is 52.0 Å². The normalized spacial score (nSPS) is 19.9. The van der Waals surface area contributed by atoms with E-state index in [2.05, 4.69) is 10.3 Å². The average molecular weight is 349 g/mol. The lowest BCUT2D eigenvalue weighted by Gasteiger charge is -2.42. The van der Waals surface area contributed by atoms with E-state index < -0.39 is 5.97 Å². The maximum Gasteiger partial charge on any atom is 0.317 e. The van der Waals surface area contributed by atoms with E-state index in [-0.39, 0.29) is 24.5 Å². The van der Waals surface area contributed by atoms with Crippen molar-refractivity contribution in [2.75, 3.05) is 13.1 Å². The number of rotatable bonds is 7. The number of carboxylic acid groups (broad SMARTS) is 1. The first-order valence-corrected chi connectivity index (χ1v) is 8.69. The van der Waals surface area contributed by atoms with Crippen LogP contribution in [0.15, 0.2) is 28.4 Å². The first-order chi connectivity index (χ1) is 11.6. The number of carbonyl (C=O) groups is 2. The summed E-state index contributed by atoms with van der Waals surface area (Å²) in [5.41, 5.74) is 1.26. The number of hydrogen-bond donors (Lipinski definition) is 2. The molecule has 3 rings (SSSR count). The molecular formula is C16H19N3O4S. The number of nitrogens with zero attached hydrogens (tertiary/aromatic N) is 2. The number of aromatic nitrogens is 1. The van der Waals surface area contributed by atoms with E-state index >= 15 is 0 Å². The monoisotopic (exact) mass is 349 g/mol. The van der Waals surface area contributed by atoms with Crippen LogP contribution in [0.25, 0.3) is 10.6 Å². The van der Waals surface area contributed by atoms with Gasteiger partial charge in [-0.15, -0.1) is 11.3 Å². The van der Waals surface area contributed by atoms with Crippen molar-refractivity contribution in [1.82, 2.24) is 15.2 Å². The van der Waals surface area contributed by atoms with Gasteiger partial charge in [-0.3, -0.25) is 14.5 Å². The van der Waals surface area contributed by atoms with Crippen LogP contribution in [0.2, 0.25) is 0 Å². The Balaban J connectivity index is 1.51. The molecule has 0 radical (unpaired) electrons. The Labute approximate surface area is 143 Å². The molecule has 0 atom stereocenters. The van der Waals surface area contributed by atoms with Gasteiger partial charge in [-0.2, -0.15) is 0 Å². The van der Waals surface area contributed by atoms with Gasteiger partial charge in [-0.25, -0.2) is 4.98 Å². The van der Waals surface area contributed by atoms with Crippen LogP contribution in [0.4, 0.5) is 0 Å². The van der Waals surface area contributed by atoms with Gasteiger partial charge in [0.15, 0.2) is 0 Å². The standard InChI is InChI=1S/C16H19N3O4S/c1-2-19(7-14(20)21)12-5-11(6-12)17-15(22)13-9-24-16(18-13)10-3-4-23-8-10/h3-4,8-9,11-12H,2,5-7H2,1H3,(H,17,22)(H,20,21). The Kier molecular flexibility index (Phi) is 4.96. The molecule has 0 saturated heterocycles. The number of hydrogen-bond acceptors (Lipinski definition) is 6. The van der Waals surface area contributed by atoms with Gasteiger partial charge in [0, 0.05) is 23.0 Å². The Morgan fingerprint density at radius 3 is 2.92 bits per heavy atom. The molecule has 2 aromatic heterocycles. The fourth-order valence-corrected chi connectivity index (χ4v) is 3.62. The molecule has 2 N–H and O–H groups in total. The molecule has 1 amide bonds. The van der Waals surface area contributed by atoms with Crippen molar-refractivity contribution in [2.24, 2.45) is 0 Å². The van der Waals surface area contributed by atoms with Crippen molar-refractivity contribution in [3.63, 3.8) is 0 Å². The van der Waals surface area contributed by atoms with E-state index in [0.717, 1.165) is 23.4 Å². The zero-order valence-corrected chi connectivity index (χ0v) is 14.1. The molecule has 2 aromatic rings. The summed E-state index contributed by atoms with van der Waals surface area (Å²) in [7, 11) is 0. The van der Waals surface area contributed by atoms with Crippen molar-refractivity contribution in [2.45, 2.75) is 31.8 Å². The number of furan rings is 1. The number of carbonyl (C=O) groups excluding carboxylic acids is 1. The molecule has 1 fully saturated rings. The average Bonchev–Trinajstić information content (AvgIpc) is 3.18. The Morgan fingerprint density at radius 1 is 1.50 bits per heavy atom. The predicted molar refractivity (Wildman–Crippen MR) is 89.0 cm³/mol. The van der Waals surface area contributed by atoms with Crippen molar-refractivity contribution in [1.29, 1.82) is 0 Å². The maximum absolute atomic E-state index is 12.3. The van der Waals surface area contributed by atoms with Crippen molar-refractivity contribution in [3.05, 3.63) is 29.7 Å². The summed E-state index contributed by atoms with van der Waals surface area (Å²) in [6.45, 7) is 2.68. The fraction of sp³-hybridized carbons (Fsp3) is 0.438. The van der Waals surface area contributed by atoms with Gasteiger partial charge in [0.05, 0.1) is 12.8 Å². The molecule has 24 heavy (non-hydrogen) atoms. The number of thiazole rings is 1. The van der Waals surface area contributed by atoms with Crippen molar-refractivity contribution >= 4 is 23.2 Å². The highest BCUT2D eigenvalue weighted by Gasteiger charge is 2.35. The first-order valence-electron chi connectivity index (χ1n) is 7.81. The summed E-state index contributed by atoms with van der Waals surface area (Å²) < 4.78 is 5.02. The second kappa shape index (κ2) is 7.14. The number of nitrogens with one attached hydrogen (secondary N) is 1. The lowest BCUT2D eigenvalue weighted by molar-refractivity contribution is -0.139. The molecule has 1 aliphatic carbocycles. The quantitative estimate of drug-likeness (QED) is 0.794. The smallest absolute Gasteiger partial charge is 0.317 e. The van der Waals surface area contributed by atoms with E-state index in [1.165, 1.54) is 11.3 Å². The lowest BCUT2D eigenvalue weighted by Crippen LogP contribution is -2.54. The minimum absolute atomic E-state index is 0.0436. The second-order valence-electron chi connectivity index (χ2n) is 5.80. The molecule has 8 heteroatoms. The Bertz CT molecular complexity index is 707. The molecule has 0 aromatic carbocycles. The molecule has 0 spiro atoms. The molecule has 0 aliphatic heterocycles. The Hall–Kier alpha value is -2.19. The second-order valence-corrected chi connectivity index (χ2v) is 6.66. The highest BCUT2D eigenvalue weighted by molar-refractivity contribution is 7.13. The largest absolute Gasteiger partial charge is 0.480 e. The summed E-state index contributed by atoms with van der Waals surface area (Å²) in [5.74, 6) is -1.01. The third kappa shape index (κ3) is 3.65. The van der Waals surface area contributed by atoms with Crippen LogP contribution >= 0.6 is 11.3 Å². The summed E-state index contributed by atoms with van der Waals surface area (Å²) in [4.78, 5) is 29.3. The minimum atomic E-state index is -0.821. The van der Waals surface area contributed by atoms with Crippen LogP contribution in [0, 0.1) is 0 Å². The molecule has 1 aliphatic rings. The molecular weight excluding hydrogens is 330 g/mol. The maximum atomic E-state index is 12.3. The zero-order chi connectivity index (χ0) is 17.1. The third-order valence-electron chi connectivity index (χ3n) is 4.21. The van der Waals surface area contributed by atoms with E-state index in [1.54, 1.807) is 24.0 Å².